The highest BCUT2D eigenvalue weighted by Crippen LogP contribution is 2.20. The van der Waals surface area contributed by atoms with Gasteiger partial charge in [-0.15, -0.1) is 0 Å². The maximum Gasteiger partial charge on any atom is 0.227 e. The van der Waals surface area contributed by atoms with Crippen LogP contribution < -0.4 is 0 Å². The fourth-order valence-corrected chi connectivity index (χ4v) is 3.31. The van der Waals surface area contributed by atoms with E-state index in [0.29, 0.717) is 18.4 Å². The van der Waals surface area contributed by atoms with E-state index in [0.717, 1.165) is 31.7 Å². The minimum Gasteiger partial charge on any atom is -0.339 e. The standard InChI is InChI=1S/C21H27N3O/c1-17(2)13-23(14-19-8-10-22-11-9-19)20-15-24(16-20)21(25)12-18-6-4-3-5-7-18/h3-11,17,20H,12-16H2,1-2H3. The summed E-state index contributed by atoms with van der Waals surface area (Å²) in [5.41, 5.74) is 2.37. The fraction of sp³-hybridized carbons (Fsp3) is 0.429. The highest BCUT2D eigenvalue weighted by Gasteiger charge is 2.34. The van der Waals surface area contributed by atoms with Gasteiger partial charge in [0.25, 0.3) is 0 Å². The summed E-state index contributed by atoms with van der Waals surface area (Å²) in [6.45, 7) is 8.14. The molecule has 0 N–H and O–H groups in total. The summed E-state index contributed by atoms with van der Waals surface area (Å²) in [7, 11) is 0. The SMILES string of the molecule is CC(C)CN(Cc1ccncc1)C1CN(C(=O)Cc2ccccc2)C1. The van der Waals surface area contributed by atoms with Gasteiger partial charge in [-0.05, 0) is 29.2 Å². The van der Waals surface area contributed by atoms with Crippen molar-refractivity contribution >= 4 is 5.91 Å². The van der Waals surface area contributed by atoms with E-state index in [4.69, 9.17) is 0 Å². The first kappa shape index (κ1) is 17.6. The first-order chi connectivity index (χ1) is 12.1. The van der Waals surface area contributed by atoms with Crippen LogP contribution in [0.2, 0.25) is 0 Å². The van der Waals surface area contributed by atoms with Crippen molar-refractivity contribution in [3.63, 3.8) is 0 Å². The molecule has 4 heteroatoms. The molecular weight excluding hydrogens is 310 g/mol. The molecule has 2 heterocycles. The monoisotopic (exact) mass is 337 g/mol. The molecule has 0 spiro atoms. The van der Waals surface area contributed by atoms with E-state index >= 15 is 0 Å². The number of nitrogens with zero attached hydrogens (tertiary/aromatic N) is 3. The zero-order chi connectivity index (χ0) is 17.6. The van der Waals surface area contributed by atoms with Gasteiger partial charge in [0.1, 0.15) is 0 Å². The number of likely N-dealkylation sites (tertiary alicyclic amines) is 1. The molecule has 1 aromatic carbocycles. The topological polar surface area (TPSA) is 36.4 Å². The highest BCUT2D eigenvalue weighted by molar-refractivity contribution is 5.79. The van der Waals surface area contributed by atoms with Gasteiger partial charge in [0.15, 0.2) is 0 Å². The van der Waals surface area contributed by atoms with Gasteiger partial charge in [-0.2, -0.15) is 0 Å². The third-order valence-corrected chi connectivity index (χ3v) is 4.66. The molecule has 0 saturated carbocycles. The van der Waals surface area contributed by atoms with Crippen molar-refractivity contribution in [1.29, 1.82) is 0 Å². The van der Waals surface area contributed by atoms with Crippen LogP contribution in [-0.2, 0) is 17.8 Å². The molecule has 1 aromatic heterocycles. The molecule has 0 aliphatic carbocycles. The van der Waals surface area contributed by atoms with Crippen LogP contribution >= 0.6 is 0 Å². The van der Waals surface area contributed by atoms with Gasteiger partial charge >= 0.3 is 0 Å². The number of pyridine rings is 1. The summed E-state index contributed by atoms with van der Waals surface area (Å²) in [5.74, 6) is 0.840. The minimum absolute atomic E-state index is 0.232. The van der Waals surface area contributed by atoms with Crippen LogP contribution in [0.3, 0.4) is 0 Å². The average Bonchev–Trinajstić information content (AvgIpc) is 2.54. The number of aromatic nitrogens is 1. The molecule has 3 rings (SSSR count). The maximum absolute atomic E-state index is 12.4. The lowest BCUT2D eigenvalue weighted by Crippen LogP contribution is -2.61. The molecule has 0 radical (unpaired) electrons. The van der Waals surface area contributed by atoms with Gasteiger partial charge in [0.05, 0.1) is 6.42 Å². The first-order valence-electron chi connectivity index (χ1n) is 9.06. The van der Waals surface area contributed by atoms with Gasteiger partial charge in [0.2, 0.25) is 5.91 Å². The molecular formula is C21H27N3O. The van der Waals surface area contributed by atoms with Gasteiger partial charge in [-0.1, -0.05) is 44.2 Å². The van der Waals surface area contributed by atoms with Crippen LogP contribution in [0.25, 0.3) is 0 Å². The maximum atomic E-state index is 12.4. The molecule has 25 heavy (non-hydrogen) atoms. The van der Waals surface area contributed by atoms with E-state index in [1.54, 1.807) is 0 Å². The predicted octanol–water partition coefficient (Wildman–Crippen LogP) is 2.99. The molecule has 1 aliphatic rings. The molecule has 1 saturated heterocycles. The van der Waals surface area contributed by atoms with Crippen molar-refractivity contribution in [2.24, 2.45) is 5.92 Å². The van der Waals surface area contributed by atoms with Gasteiger partial charge in [-0.3, -0.25) is 14.7 Å². The quantitative estimate of drug-likeness (QED) is 0.779. The molecule has 132 valence electrons. The van der Waals surface area contributed by atoms with E-state index in [1.165, 1.54) is 5.56 Å². The Morgan fingerprint density at radius 3 is 2.44 bits per heavy atom. The van der Waals surface area contributed by atoms with E-state index in [9.17, 15) is 4.79 Å². The van der Waals surface area contributed by atoms with Crippen LogP contribution in [0.4, 0.5) is 0 Å². The lowest BCUT2D eigenvalue weighted by atomic mass is 10.0. The van der Waals surface area contributed by atoms with E-state index in [1.807, 2.05) is 47.6 Å². The summed E-state index contributed by atoms with van der Waals surface area (Å²) in [6.07, 6.45) is 4.20. The summed E-state index contributed by atoms with van der Waals surface area (Å²) in [4.78, 5) is 21.0. The number of carbonyl (C=O) groups excluding carboxylic acids is 1. The van der Waals surface area contributed by atoms with E-state index < -0.39 is 0 Å². The molecule has 0 unspecified atom stereocenters. The Balaban J connectivity index is 1.55. The number of hydrogen-bond donors (Lipinski definition) is 0. The summed E-state index contributed by atoms with van der Waals surface area (Å²) < 4.78 is 0. The van der Waals surface area contributed by atoms with Crippen molar-refractivity contribution in [3.8, 4) is 0 Å². The van der Waals surface area contributed by atoms with Crippen LogP contribution in [0.5, 0.6) is 0 Å². The Kier molecular flexibility index (Phi) is 5.82. The molecule has 2 aromatic rings. The first-order valence-corrected chi connectivity index (χ1v) is 9.06. The third-order valence-electron chi connectivity index (χ3n) is 4.66. The lowest BCUT2D eigenvalue weighted by molar-refractivity contribution is -0.138. The van der Waals surface area contributed by atoms with Crippen LogP contribution in [0.1, 0.15) is 25.0 Å². The average molecular weight is 337 g/mol. The van der Waals surface area contributed by atoms with E-state index in [2.05, 4.69) is 35.9 Å². The fourth-order valence-electron chi connectivity index (χ4n) is 3.31. The van der Waals surface area contributed by atoms with Gasteiger partial charge < -0.3 is 4.90 Å². The second kappa shape index (κ2) is 8.26. The van der Waals surface area contributed by atoms with Crippen LogP contribution in [0, 0.1) is 5.92 Å². The predicted molar refractivity (Wildman–Crippen MR) is 100.0 cm³/mol. The third kappa shape index (κ3) is 4.89. The molecule has 1 fully saturated rings. The second-order valence-electron chi connectivity index (χ2n) is 7.29. The Bertz CT molecular complexity index is 666. The van der Waals surface area contributed by atoms with Gasteiger partial charge in [-0.25, -0.2) is 0 Å². The molecule has 4 nitrogen and oxygen atoms in total. The minimum atomic E-state index is 0.232. The molecule has 1 amide bonds. The van der Waals surface area contributed by atoms with Crippen molar-refractivity contribution < 1.29 is 4.79 Å². The van der Waals surface area contributed by atoms with Gasteiger partial charge in [0, 0.05) is 44.6 Å². The Labute approximate surface area is 150 Å². The van der Waals surface area contributed by atoms with Crippen molar-refractivity contribution in [1.82, 2.24) is 14.8 Å². The Morgan fingerprint density at radius 2 is 1.80 bits per heavy atom. The zero-order valence-corrected chi connectivity index (χ0v) is 15.1. The molecule has 0 atom stereocenters. The van der Waals surface area contributed by atoms with Crippen LogP contribution in [-0.4, -0.2) is 46.4 Å². The number of hydrogen-bond acceptors (Lipinski definition) is 3. The largest absolute Gasteiger partial charge is 0.339 e. The second-order valence-corrected chi connectivity index (χ2v) is 7.29. The number of carbonyl (C=O) groups is 1. The van der Waals surface area contributed by atoms with Crippen molar-refractivity contribution in [2.45, 2.75) is 32.9 Å². The smallest absolute Gasteiger partial charge is 0.227 e. The lowest BCUT2D eigenvalue weighted by Gasteiger charge is -2.46. The normalized spacial score (nSPS) is 14.8. The zero-order valence-electron chi connectivity index (χ0n) is 15.1. The number of benzene rings is 1. The Morgan fingerprint density at radius 1 is 1.12 bits per heavy atom. The molecule has 1 aliphatic heterocycles. The summed E-state index contributed by atoms with van der Waals surface area (Å²) >= 11 is 0. The number of amides is 1. The van der Waals surface area contributed by atoms with E-state index in [-0.39, 0.29) is 5.91 Å². The number of rotatable bonds is 7. The highest BCUT2D eigenvalue weighted by atomic mass is 16.2. The molecule has 0 bridgehead atoms. The Hall–Kier alpha value is -2.20. The van der Waals surface area contributed by atoms with Crippen molar-refractivity contribution in [3.05, 3.63) is 66.0 Å². The summed E-state index contributed by atoms with van der Waals surface area (Å²) in [6, 6.07) is 14.6. The summed E-state index contributed by atoms with van der Waals surface area (Å²) in [5, 5.41) is 0. The van der Waals surface area contributed by atoms with Crippen LogP contribution in [0.15, 0.2) is 54.9 Å². The van der Waals surface area contributed by atoms with Crippen molar-refractivity contribution in [2.75, 3.05) is 19.6 Å².